The zero-order valence-corrected chi connectivity index (χ0v) is 12.1. The maximum absolute atomic E-state index is 11.6. The molecule has 0 heterocycles. The summed E-state index contributed by atoms with van der Waals surface area (Å²) < 4.78 is 10.7. The Morgan fingerprint density at radius 3 is 2.58 bits per heavy atom. The summed E-state index contributed by atoms with van der Waals surface area (Å²) in [5.74, 6) is 0.380. The summed E-state index contributed by atoms with van der Waals surface area (Å²) in [5.41, 5.74) is 1.04. The molecule has 0 aliphatic rings. The molecule has 2 atom stereocenters. The van der Waals surface area contributed by atoms with Crippen molar-refractivity contribution in [2.45, 2.75) is 39.8 Å². The summed E-state index contributed by atoms with van der Waals surface area (Å²) in [5, 5.41) is 3.33. The molecule has 1 N–H and O–H groups in total. The van der Waals surface area contributed by atoms with E-state index in [1.165, 1.54) is 0 Å². The second kappa shape index (κ2) is 7.79. The predicted octanol–water partition coefficient (Wildman–Crippen LogP) is 2.69. The number of hydrogen-bond acceptors (Lipinski definition) is 4. The minimum atomic E-state index is -0.602. The van der Waals surface area contributed by atoms with E-state index in [0.29, 0.717) is 6.61 Å². The van der Waals surface area contributed by atoms with Gasteiger partial charge in [0.25, 0.3) is 0 Å². The van der Waals surface area contributed by atoms with E-state index in [2.05, 4.69) is 19.2 Å². The highest BCUT2D eigenvalue weighted by Gasteiger charge is 2.18. The molecule has 1 rings (SSSR count). The number of carbonyl (C=O) groups is 1. The monoisotopic (exact) mass is 265 g/mol. The molecule has 0 aliphatic heterocycles. The van der Waals surface area contributed by atoms with Crippen LogP contribution in [0.4, 0.5) is 0 Å². The molecule has 0 fully saturated rings. The van der Waals surface area contributed by atoms with Crippen LogP contribution in [0.3, 0.4) is 0 Å². The predicted molar refractivity (Wildman–Crippen MR) is 75.3 cm³/mol. The van der Waals surface area contributed by atoms with Crippen molar-refractivity contribution in [2.75, 3.05) is 13.2 Å². The lowest BCUT2D eigenvalue weighted by molar-refractivity contribution is -0.150. The van der Waals surface area contributed by atoms with Gasteiger partial charge >= 0.3 is 5.97 Å². The quantitative estimate of drug-likeness (QED) is 0.770. The lowest BCUT2D eigenvalue weighted by Gasteiger charge is -2.20. The van der Waals surface area contributed by atoms with Gasteiger partial charge in [0.2, 0.25) is 0 Å². The Bertz CT molecular complexity index is 406. The lowest BCUT2D eigenvalue weighted by Crippen LogP contribution is -2.27. The Morgan fingerprint density at radius 2 is 1.95 bits per heavy atom. The van der Waals surface area contributed by atoms with Gasteiger partial charge in [-0.1, -0.05) is 25.1 Å². The molecule has 0 amide bonds. The average molecular weight is 265 g/mol. The number of carbonyl (C=O) groups excluding carboxylic acids is 1. The fourth-order valence-corrected chi connectivity index (χ4v) is 1.86. The van der Waals surface area contributed by atoms with E-state index in [0.717, 1.165) is 17.9 Å². The first-order valence-electron chi connectivity index (χ1n) is 6.75. The molecule has 0 aromatic heterocycles. The summed E-state index contributed by atoms with van der Waals surface area (Å²) >= 11 is 0. The fraction of sp³-hybridized carbons (Fsp3) is 0.533. The van der Waals surface area contributed by atoms with E-state index < -0.39 is 6.10 Å². The van der Waals surface area contributed by atoms with E-state index in [9.17, 15) is 4.79 Å². The molecule has 0 saturated carbocycles. The van der Waals surface area contributed by atoms with E-state index in [1.54, 1.807) is 13.8 Å². The van der Waals surface area contributed by atoms with Crippen LogP contribution in [0.2, 0.25) is 0 Å². The van der Waals surface area contributed by atoms with Crippen molar-refractivity contribution in [1.82, 2.24) is 5.32 Å². The number of benzene rings is 1. The van der Waals surface area contributed by atoms with Crippen LogP contribution < -0.4 is 10.1 Å². The van der Waals surface area contributed by atoms with Crippen LogP contribution in [0.15, 0.2) is 24.3 Å². The highest BCUT2D eigenvalue weighted by molar-refractivity contribution is 5.74. The SMILES string of the molecule is CCNC(C)c1ccccc1OC(C)C(=O)OCC. The van der Waals surface area contributed by atoms with Crippen molar-refractivity contribution < 1.29 is 14.3 Å². The van der Waals surface area contributed by atoms with Gasteiger partial charge in [0, 0.05) is 11.6 Å². The number of rotatable bonds is 7. The average Bonchev–Trinajstić information content (AvgIpc) is 2.39. The second-order valence-electron chi connectivity index (χ2n) is 4.33. The van der Waals surface area contributed by atoms with Gasteiger partial charge in [-0.15, -0.1) is 0 Å². The topological polar surface area (TPSA) is 47.6 Å². The van der Waals surface area contributed by atoms with E-state index in [-0.39, 0.29) is 12.0 Å². The molecule has 2 unspecified atom stereocenters. The molecule has 106 valence electrons. The third kappa shape index (κ3) is 4.56. The molecule has 0 spiro atoms. The number of esters is 1. The van der Waals surface area contributed by atoms with Crippen molar-refractivity contribution in [3.8, 4) is 5.75 Å². The molecular weight excluding hydrogens is 242 g/mol. The van der Waals surface area contributed by atoms with E-state index >= 15 is 0 Å². The van der Waals surface area contributed by atoms with Crippen LogP contribution in [-0.4, -0.2) is 25.2 Å². The largest absolute Gasteiger partial charge is 0.479 e. The Labute approximate surface area is 115 Å². The summed E-state index contributed by atoms with van der Waals surface area (Å²) in [4.78, 5) is 11.6. The number of ether oxygens (including phenoxy) is 2. The molecule has 19 heavy (non-hydrogen) atoms. The summed E-state index contributed by atoms with van der Waals surface area (Å²) in [6, 6.07) is 7.91. The van der Waals surface area contributed by atoms with E-state index in [4.69, 9.17) is 9.47 Å². The highest BCUT2D eigenvalue weighted by Crippen LogP contribution is 2.25. The summed E-state index contributed by atoms with van der Waals surface area (Å²) in [6.45, 7) is 8.85. The van der Waals surface area contributed by atoms with Crippen molar-refractivity contribution in [2.24, 2.45) is 0 Å². The Balaban J connectivity index is 2.80. The van der Waals surface area contributed by atoms with Gasteiger partial charge in [-0.3, -0.25) is 0 Å². The molecule has 1 aromatic carbocycles. The van der Waals surface area contributed by atoms with Gasteiger partial charge in [0.15, 0.2) is 6.10 Å². The van der Waals surface area contributed by atoms with E-state index in [1.807, 2.05) is 24.3 Å². The molecular formula is C15H23NO3. The van der Waals surface area contributed by atoms with Gasteiger partial charge < -0.3 is 14.8 Å². The first-order valence-corrected chi connectivity index (χ1v) is 6.75. The number of hydrogen-bond donors (Lipinski definition) is 1. The molecule has 1 aromatic rings. The third-order valence-corrected chi connectivity index (χ3v) is 2.82. The van der Waals surface area contributed by atoms with Crippen molar-refractivity contribution in [3.05, 3.63) is 29.8 Å². The van der Waals surface area contributed by atoms with Crippen LogP contribution in [0.25, 0.3) is 0 Å². The second-order valence-corrected chi connectivity index (χ2v) is 4.33. The highest BCUT2D eigenvalue weighted by atomic mass is 16.6. The standard InChI is InChI=1S/C15H23NO3/c1-5-16-11(3)13-9-7-8-10-14(13)19-12(4)15(17)18-6-2/h7-12,16H,5-6H2,1-4H3. The van der Waals surface area contributed by atoms with Crippen molar-refractivity contribution in [3.63, 3.8) is 0 Å². The van der Waals surface area contributed by atoms with Crippen LogP contribution in [0.5, 0.6) is 5.75 Å². The minimum Gasteiger partial charge on any atom is -0.479 e. The minimum absolute atomic E-state index is 0.176. The zero-order valence-electron chi connectivity index (χ0n) is 12.1. The first kappa shape index (κ1) is 15.5. The normalized spacial score (nSPS) is 13.7. The maximum Gasteiger partial charge on any atom is 0.347 e. The van der Waals surface area contributed by atoms with Gasteiger partial charge in [-0.05, 0) is 33.4 Å². The molecule has 4 heteroatoms. The van der Waals surface area contributed by atoms with Gasteiger partial charge in [0.1, 0.15) is 5.75 Å². The maximum atomic E-state index is 11.6. The molecule has 0 aliphatic carbocycles. The molecule has 0 bridgehead atoms. The van der Waals surface area contributed by atoms with Crippen LogP contribution in [0, 0.1) is 0 Å². The summed E-state index contributed by atoms with van der Waals surface area (Å²) in [7, 11) is 0. The van der Waals surface area contributed by atoms with Gasteiger partial charge in [-0.25, -0.2) is 4.79 Å². The molecule has 0 radical (unpaired) electrons. The Hall–Kier alpha value is -1.55. The van der Waals surface area contributed by atoms with Crippen molar-refractivity contribution in [1.29, 1.82) is 0 Å². The zero-order chi connectivity index (χ0) is 14.3. The van der Waals surface area contributed by atoms with Crippen molar-refractivity contribution >= 4 is 5.97 Å². The van der Waals surface area contributed by atoms with Crippen LogP contribution >= 0.6 is 0 Å². The first-order chi connectivity index (χ1) is 9.10. The fourth-order valence-electron chi connectivity index (χ4n) is 1.86. The van der Waals surface area contributed by atoms with Gasteiger partial charge in [0.05, 0.1) is 6.61 Å². The Morgan fingerprint density at radius 1 is 1.26 bits per heavy atom. The molecule has 0 saturated heterocycles. The number of nitrogens with one attached hydrogen (secondary N) is 1. The third-order valence-electron chi connectivity index (χ3n) is 2.82. The summed E-state index contributed by atoms with van der Waals surface area (Å²) in [6.07, 6.45) is -0.602. The van der Waals surface area contributed by atoms with Crippen LogP contribution in [0.1, 0.15) is 39.3 Å². The molecule has 4 nitrogen and oxygen atoms in total. The Kier molecular flexibility index (Phi) is 6.36. The van der Waals surface area contributed by atoms with Crippen LogP contribution in [-0.2, 0) is 9.53 Å². The van der Waals surface area contributed by atoms with Gasteiger partial charge in [-0.2, -0.15) is 0 Å². The smallest absolute Gasteiger partial charge is 0.347 e. The lowest BCUT2D eigenvalue weighted by atomic mass is 10.1. The number of para-hydroxylation sites is 1.